The van der Waals surface area contributed by atoms with Gasteiger partial charge in [-0.1, -0.05) is 0 Å². The minimum Gasteiger partial charge on any atom is -0.397 e. The number of nitrogens with two attached hydrogens (primary N) is 1. The summed E-state index contributed by atoms with van der Waals surface area (Å²) in [4.78, 5) is 4.15. The van der Waals surface area contributed by atoms with Crippen molar-refractivity contribution in [2.24, 2.45) is 0 Å². The lowest BCUT2D eigenvalue weighted by Gasteiger charge is -2.12. The molecular formula is C10H15N3O. The van der Waals surface area contributed by atoms with Gasteiger partial charge < -0.3 is 16.2 Å². The molecule has 0 radical (unpaired) electrons. The number of nitrogen functional groups attached to an aromatic ring is 1. The average molecular weight is 193 g/mol. The zero-order chi connectivity index (χ0) is 9.97. The van der Waals surface area contributed by atoms with Gasteiger partial charge in [0.1, 0.15) is 5.82 Å². The number of rotatable bonds is 2. The van der Waals surface area contributed by atoms with Gasteiger partial charge in [-0.05, 0) is 31.4 Å². The Kier molecular flexibility index (Phi) is 2.54. The van der Waals surface area contributed by atoms with Crippen LogP contribution in [-0.2, 0) is 0 Å². The second kappa shape index (κ2) is 3.84. The van der Waals surface area contributed by atoms with Crippen molar-refractivity contribution in [3.63, 3.8) is 0 Å². The molecule has 0 aliphatic heterocycles. The van der Waals surface area contributed by atoms with E-state index >= 15 is 0 Å². The number of nitrogens with one attached hydrogen (secondary N) is 1. The van der Waals surface area contributed by atoms with E-state index in [1.54, 1.807) is 6.20 Å². The van der Waals surface area contributed by atoms with Crippen molar-refractivity contribution in [1.82, 2.24) is 4.98 Å². The third kappa shape index (κ3) is 2.14. The molecule has 1 aromatic rings. The molecule has 0 unspecified atom stereocenters. The highest BCUT2D eigenvalue weighted by atomic mass is 16.3. The zero-order valence-electron chi connectivity index (χ0n) is 7.98. The fraction of sp³-hybridized carbons (Fsp3) is 0.500. The van der Waals surface area contributed by atoms with Gasteiger partial charge in [-0.25, -0.2) is 4.98 Å². The number of nitrogens with zero attached hydrogens (tertiary/aromatic N) is 1. The average Bonchev–Trinajstić information content (AvgIpc) is 2.56. The summed E-state index contributed by atoms with van der Waals surface area (Å²) in [7, 11) is 0. The molecule has 4 N–H and O–H groups in total. The van der Waals surface area contributed by atoms with Crippen molar-refractivity contribution < 1.29 is 5.11 Å². The second-order valence-corrected chi connectivity index (χ2v) is 3.78. The van der Waals surface area contributed by atoms with Crippen LogP contribution in [0, 0.1) is 0 Å². The van der Waals surface area contributed by atoms with Gasteiger partial charge in [-0.15, -0.1) is 0 Å². The van der Waals surface area contributed by atoms with Crippen LogP contribution >= 0.6 is 0 Å². The second-order valence-electron chi connectivity index (χ2n) is 3.78. The van der Waals surface area contributed by atoms with Crippen LogP contribution in [0.15, 0.2) is 18.3 Å². The normalized spacial score (nSPS) is 26.4. The SMILES string of the molecule is Nc1ccc(N[C@@H]2CC[C@@H](O)C2)nc1. The lowest BCUT2D eigenvalue weighted by Crippen LogP contribution is -2.17. The summed E-state index contributed by atoms with van der Waals surface area (Å²) in [6.07, 6.45) is 4.18. The van der Waals surface area contributed by atoms with Gasteiger partial charge in [0.15, 0.2) is 0 Å². The van der Waals surface area contributed by atoms with Gasteiger partial charge in [0, 0.05) is 6.04 Å². The third-order valence-electron chi connectivity index (χ3n) is 2.54. The van der Waals surface area contributed by atoms with Crippen molar-refractivity contribution in [3.05, 3.63) is 18.3 Å². The predicted octanol–water partition coefficient (Wildman–Crippen LogP) is 0.989. The molecule has 0 saturated heterocycles. The van der Waals surface area contributed by atoms with E-state index in [1.807, 2.05) is 12.1 Å². The van der Waals surface area contributed by atoms with E-state index in [2.05, 4.69) is 10.3 Å². The Hall–Kier alpha value is -1.29. The van der Waals surface area contributed by atoms with E-state index in [-0.39, 0.29) is 6.10 Å². The monoisotopic (exact) mass is 193 g/mol. The largest absolute Gasteiger partial charge is 0.397 e. The molecule has 4 heteroatoms. The van der Waals surface area contributed by atoms with Crippen LogP contribution in [0.2, 0.25) is 0 Å². The molecule has 1 aliphatic carbocycles. The fourth-order valence-corrected chi connectivity index (χ4v) is 1.79. The Labute approximate surface area is 83.2 Å². The number of aliphatic hydroxyl groups is 1. The Morgan fingerprint density at radius 3 is 2.86 bits per heavy atom. The van der Waals surface area contributed by atoms with Gasteiger partial charge in [-0.3, -0.25) is 0 Å². The molecule has 1 fully saturated rings. The third-order valence-corrected chi connectivity index (χ3v) is 2.54. The highest BCUT2D eigenvalue weighted by Crippen LogP contribution is 2.22. The molecule has 14 heavy (non-hydrogen) atoms. The van der Waals surface area contributed by atoms with Crippen LogP contribution in [-0.4, -0.2) is 22.2 Å². The number of aliphatic hydroxyl groups excluding tert-OH is 1. The standard InChI is InChI=1S/C10H15N3O/c11-7-1-4-10(12-6-7)13-8-2-3-9(14)5-8/h1,4,6,8-9,14H,2-3,5,11H2,(H,12,13)/t8-,9-/m1/s1. The minimum absolute atomic E-state index is 0.152. The van der Waals surface area contributed by atoms with E-state index < -0.39 is 0 Å². The Morgan fingerprint density at radius 1 is 1.43 bits per heavy atom. The Bertz CT molecular complexity index is 299. The number of hydrogen-bond acceptors (Lipinski definition) is 4. The molecule has 2 rings (SSSR count). The van der Waals surface area contributed by atoms with Crippen molar-refractivity contribution in [1.29, 1.82) is 0 Å². The summed E-state index contributed by atoms with van der Waals surface area (Å²) in [5.74, 6) is 0.832. The molecule has 0 spiro atoms. The maximum Gasteiger partial charge on any atom is 0.126 e. The number of anilines is 2. The lowest BCUT2D eigenvalue weighted by atomic mass is 10.2. The summed E-state index contributed by atoms with van der Waals surface area (Å²) in [5.41, 5.74) is 6.20. The smallest absolute Gasteiger partial charge is 0.126 e. The topological polar surface area (TPSA) is 71.2 Å². The van der Waals surface area contributed by atoms with Crippen LogP contribution in [0.1, 0.15) is 19.3 Å². The minimum atomic E-state index is -0.152. The molecule has 1 heterocycles. The maximum absolute atomic E-state index is 9.34. The molecule has 0 amide bonds. The first kappa shape index (κ1) is 9.27. The number of pyridine rings is 1. The first-order chi connectivity index (χ1) is 6.74. The molecule has 76 valence electrons. The van der Waals surface area contributed by atoms with Crippen molar-refractivity contribution in [2.75, 3.05) is 11.1 Å². The van der Waals surface area contributed by atoms with Gasteiger partial charge in [-0.2, -0.15) is 0 Å². The fourth-order valence-electron chi connectivity index (χ4n) is 1.79. The molecule has 4 nitrogen and oxygen atoms in total. The molecule has 1 saturated carbocycles. The van der Waals surface area contributed by atoms with Gasteiger partial charge in [0.05, 0.1) is 18.0 Å². The Morgan fingerprint density at radius 2 is 2.29 bits per heavy atom. The van der Waals surface area contributed by atoms with E-state index in [0.29, 0.717) is 11.7 Å². The zero-order valence-corrected chi connectivity index (χ0v) is 7.98. The first-order valence-corrected chi connectivity index (χ1v) is 4.90. The summed E-state index contributed by atoms with van der Waals surface area (Å²) < 4.78 is 0. The van der Waals surface area contributed by atoms with E-state index in [0.717, 1.165) is 25.1 Å². The molecule has 1 aliphatic rings. The molecular weight excluding hydrogens is 178 g/mol. The van der Waals surface area contributed by atoms with Gasteiger partial charge >= 0.3 is 0 Å². The van der Waals surface area contributed by atoms with Crippen LogP contribution in [0.5, 0.6) is 0 Å². The summed E-state index contributed by atoms with van der Waals surface area (Å²) in [6.45, 7) is 0. The molecule has 0 bridgehead atoms. The van der Waals surface area contributed by atoms with Crippen molar-refractivity contribution in [2.45, 2.75) is 31.4 Å². The van der Waals surface area contributed by atoms with Crippen LogP contribution in [0.4, 0.5) is 11.5 Å². The quantitative estimate of drug-likeness (QED) is 0.655. The van der Waals surface area contributed by atoms with Crippen LogP contribution in [0.3, 0.4) is 0 Å². The van der Waals surface area contributed by atoms with Crippen molar-refractivity contribution >= 4 is 11.5 Å². The van der Waals surface area contributed by atoms with E-state index in [9.17, 15) is 5.11 Å². The van der Waals surface area contributed by atoms with Crippen molar-refractivity contribution in [3.8, 4) is 0 Å². The van der Waals surface area contributed by atoms with Gasteiger partial charge in [0.2, 0.25) is 0 Å². The summed E-state index contributed by atoms with van der Waals surface area (Å²) in [5, 5.41) is 12.6. The molecule has 2 atom stereocenters. The van der Waals surface area contributed by atoms with Gasteiger partial charge in [0.25, 0.3) is 0 Å². The highest BCUT2D eigenvalue weighted by Gasteiger charge is 2.22. The van der Waals surface area contributed by atoms with Crippen LogP contribution in [0.25, 0.3) is 0 Å². The molecule has 1 aromatic heterocycles. The Balaban J connectivity index is 1.94. The number of aromatic nitrogens is 1. The van der Waals surface area contributed by atoms with E-state index in [4.69, 9.17) is 5.73 Å². The predicted molar refractivity (Wildman–Crippen MR) is 55.9 cm³/mol. The lowest BCUT2D eigenvalue weighted by molar-refractivity contribution is 0.182. The maximum atomic E-state index is 9.34. The summed E-state index contributed by atoms with van der Waals surface area (Å²) in [6, 6.07) is 4.03. The summed E-state index contributed by atoms with van der Waals surface area (Å²) >= 11 is 0. The molecule has 0 aromatic carbocycles. The highest BCUT2D eigenvalue weighted by molar-refractivity contribution is 5.44. The van der Waals surface area contributed by atoms with Crippen LogP contribution < -0.4 is 11.1 Å². The van der Waals surface area contributed by atoms with E-state index in [1.165, 1.54) is 0 Å². The first-order valence-electron chi connectivity index (χ1n) is 4.90. The number of hydrogen-bond donors (Lipinski definition) is 3.